The molecule has 0 N–H and O–H groups in total. The molecule has 28 heavy (non-hydrogen) atoms. The smallest absolute Gasteiger partial charge is 0.169 e. The Balaban J connectivity index is 2.15. The van der Waals surface area contributed by atoms with Crippen molar-refractivity contribution >= 4 is 45.4 Å². The monoisotopic (exact) mass is 507 g/mol. The van der Waals surface area contributed by atoms with Gasteiger partial charge >= 0.3 is 0 Å². The van der Waals surface area contributed by atoms with E-state index < -0.39 is 0 Å². The lowest BCUT2D eigenvalue weighted by atomic mass is 9.95. The molecule has 4 aromatic rings. The standard InChI is InChI=1S/C20H22IN5OS/c1-10-17(12(3)25(5)23-10)15-7-14(18-11(2)24-27-13(18)4)8-16-19(15)22-20(28-6)26(16)9-21/h7-8H,9H2,1-6H3. The van der Waals surface area contributed by atoms with Gasteiger partial charge in [0.2, 0.25) is 0 Å². The summed E-state index contributed by atoms with van der Waals surface area (Å²) >= 11 is 4.06. The molecule has 0 aliphatic heterocycles. The van der Waals surface area contributed by atoms with E-state index in [9.17, 15) is 0 Å². The molecule has 8 heteroatoms. The number of aromatic nitrogens is 5. The van der Waals surface area contributed by atoms with Gasteiger partial charge in [0.05, 0.1) is 27.0 Å². The van der Waals surface area contributed by atoms with Crippen molar-refractivity contribution in [2.24, 2.45) is 7.05 Å². The number of hydrogen-bond donors (Lipinski definition) is 0. The van der Waals surface area contributed by atoms with Gasteiger partial charge in [-0.1, -0.05) is 39.5 Å². The van der Waals surface area contributed by atoms with Crippen molar-refractivity contribution in [1.29, 1.82) is 0 Å². The van der Waals surface area contributed by atoms with Crippen molar-refractivity contribution in [3.05, 3.63) is 35.0 Å². The lowest BCUT2D eigenvalue weighted by molar-refractivity contribution is 0.393. The number of benzene rings is 1. The second-order valence-corrected chi connectivity index (χ2v) is 8.36. The van der Waals surface area contributed by atoms with Crippen LogP contribution in [-0.4, -0.2) is 30.7 Å². The summed E-state index contributed by atoms with van der Waals surface area (Å²) in [4.78, 5) is 4.98. The van der Waals surface area contributed by atoms with E-state index in [-0.39, 0.29) is 0 Å². The minimum Gasteiger partial charge on any atom is -0.361 e. The molecule has 0 saturated heterocycles. The van der Waals surface area contributed by atoms with Crippen molar-refractivity contribution in [2.45, 2.75) is 37.4 Å². The summed E-state index contributed by atoms with van der Waals surface area (Å²) in [5.74, 6) is 0.827. The molecule has 0 saturated carbocycles. The predicted octanol–water partition coefficient (Wildman–Crippen LogP) is 5.44. The maximum atomic E-state index is 5.45. The molecule has 3 aromatic heterocycles. The molecule has 0 atom stereocenters. The summed E-state index contributed by atoms with van der Waals surface area (Å²) in [6.07, 6.45) is 2.07. The lowest BCUT2D eigenvalue weighted by Crippen LogP contribution is -1.95. The van der Waals surface area contributed by atoms with Crippen LogP contribution in [0.15, 0.2) is 21.8 Å². The molecule has 6 nitrogen and oxygen atoms in total. The number of hydrogen-bond acceptors (Lipinski definition) is 5. The van der Waals surface area contributed by atoms with E-state index in [1.54, 1.807) is 11.8 Å². The van der Waals surface area contributed by atoms with Gasteiger partial charge in [-0.05, 0) is 51.6 Å². The highest BCUT2D eigenvalue weighted by molar-refractivity contribution is 14.1. The Kier molecular flexibility index (Phi) is 5.03. The van der Waals surface area contributed by atoms with E-state index in [1.807, 2.05) is 25.6 Å². The summed E-state index contributed by atoms with van der Waals surface area (Å²) in [5, 5.41) is 9.81. The topological polar surface area (TPSA) is 61.7 Å². The van der Waals surface area contributed by atoms with Gasteiger partial charge in [0.15, 0.2) is 5.16 Å². The fourth-order valence-corrected chi connectivity index (χ4v) is 5.35. The van der Waals surface area contributed by atoms with Crippen molar-refractivity contribution in [1.82, 2.24) is 24.5 Å². The van der Waals surface area contributed by atoms with Crippen LogP contribution in [0.2, 0.25) is 0 Å². The molecule has 0 bridgehead atoms. The Bertz CT molecular complexity index is 1180. The van der Waals surface area contributed by atoms with Crippen LogP contribution in [0.1, 0.15) is 22.8 Å². The fraction of sp³-hybridized carbons (Fsp3) is 0.350. The highest BCUT2D eigenvalue weighted by atomic mass is 127. The predicted molar refractivity (Wildman–Crippen MR) is 122 cm³/mol. The quantitative estimate of drug-likeness (QED) is 0.209. The molecule has 0 aliphatic carbocycles. The van der Waals surface area contributed by atoms with Crippen LogP contribution in [0.25, 0.3) is 33.3 Å². The van der Waals surface area contributed by atoms with Crippen molar-refractivity contribution < 1.29 is 4.52 Å². The van der Waals surface area contributed by atoms with Crippen molar-refractivity contribution in [3.63, 3.8) is 0 Å². The Hall–Kier alpha value is -1.81. The number of halogens is 1. The Morgan fingerprint density at radius 2 is 1.86 bits per heavy atom. The molecule has 0 amide bonds. The number of nitrogens with zero attached hydrogens (tertiary/aromatic N) is 5. The summed E-state index contributed by atoms with van der Waals surface area (Å²) in [5.41, 5.74) is 9.56. The second-order valence-electron chi connectivity index (χ2n) is 6.91. The third-order valence-electron chi connectivity index (χ3n) is 5.22. The van der Waals surface area contributed by atoms with E-state index in [4.69, 9.17) is 9.51 Å². The Morgan fingerprint density at radius 3 is 2.39 bits per heavy atom. The number of alkyl halides is 1. The number of rotatable bonds is 4. The number of aryl methyl sites for hydroxylation is 4. The zero-order valence-electron chi connectivity index (χ0n) is 16.8. The number of thioether (sulfide) groups is 1. The Morgan fingerprint density at radius 1 is 1.11 bits per heavy atom. The molecular formula is C20H22IN5OS. The van der Waals surface area contributed by atoms with Crippen LogP contribution in [0.3, 0.4) is 0 Å². The zero-order chi connectivity index (χ0) is 20.2. The van der Waals surface area contributed by atoms with Crippen LogP contribution in [-0.2, 0) is 11.6 Å². The molecule has 0 fully saturated rings. The summed E-state index contributed by atoms with van der Waals surface area (Å²) in [6, 6.07) is 4.41. The number of imidazole rings is 1. The zero-order valence-corrected chi connectivity index (χ0v) is 19.8. The fourth-order valence-electron chi connectivity index (χ4n) is 3.87. The van der Waals surface area contributed by atoms with Gasteiger partial charge in [0.25, 0.3) is 0 Å². The van der Waals surface area contributed by atoms with Crippen LogP contribution in [0.4, 0.5) is 0 Å². The Labute approximate surface area is 181 Å². The van der Waals surface area contributed by atoms with E-state index in [0.717, 1.165) is 65.8 Å². The first-order valence-electron chi connectivity index (χ1n) is 8.95. The number of fused-ring (bicyclic) bond motifs is 1. The van der Waals surface area contributed by atoms with Gasteiger partial charge < -0.3 is 9.09 Å². The average Bonchev–Trinajstić information content (AvgIpc) is 3.27. The first kappa shape index (κ1) is 19.5. The molecule has 4 rings (SSSR count). The van der Waals surface area contributed by atoms with Gasteiger partial charge in [-0.2, -0.15) is 5.10 Å². The van der Waals surface area contributed by atoms with Gasteiger partial charge in [-0.15, -0.1) is 0 Å². The van der Waals surface area contributed by atoms with Crippen LogP contribution >= 0.6 is 34.4 Å². The maximum Gasteiger partial charge on any atom is 0.169 e. The summed E-state index contributed by atoms with van der Waals surface area (Å²) in [7, 11) is 1.98. The minimum absolute atomic E-state index is 0.827. The van der Waals surface area contributed by atoms with E-state index in [0.29, 0.717) is 0 Å². The maximum absolute atomic E-state index is 5.45. The van der Waals surface area contributed by atoms with E-state index in [2.05, 4.69) is 69.6 Å². The molecule has 0 aliphatic rings. The normalized spacial score (nSPS) is 11.7. The van der Waals surface area contributed by atoms with E-state index in [1.165, 1.54) is 0 Å². The minimum atomic E-state index is 0.827. The van der Waals surface area contributed by atoms with Gasteiger partial charge in [0.1, 0.15) is 5.76 Å². The largest absolute Gasteiger partial charge is 0.361 e. The molecule has 146 valence electrons. The molecule has 0 unspecified atom stereocenters. The van der Waals surface area contributed by atoms with E-state index >= 15 is 0 Å². The molecule has 0 spiro atoms. The molecular weight excluding hydrogens is 485 g/mol. The molecule has 3 heterocycles. The second kappa shape index (κ2) is 7.22. The van der Waals surface area contributed by atoms with Gasteiger partial charge in [-0.25, -0.2) is 4.98 Å². The third-order valence-corrected chi connectivity index (χ3v) is 6.58. The van der Waals surface area contributed by atoms with Crippen molar-refractivity contribution in [2.75, 3.05) is 6.26 Å². The third kappa shape index (κ3) is 2.88. The van der Waals surface area contributed by atoms with Crippen molar-refractivity contribution in [3.8, 4) is 22.3 Å². The van der Waals surface area contributed by atoms with Crippen LogP contribution < -0.4 is 0 Å². The molecule has 1 aromatic carbocycles. The average molecular weight is 507 g/mol. The highest BCUT2D eigenvalue weighted by Gasteiger charge is 2.22. The summed E-state index contributed by atoms with van der Waals surface area (Å²) < 4.78 is 10.5. The first-order valence-corrected chi connectivity index (χ1v) is 11.7. The SMILES string of the molecule is CSc1nc2c(-c3c(C)nn(C)c3C)cc(-c3c(C)noc3C)cc2n1CI. The van der Waals surface area contributed by atoms with Crippen LogP contribution in [0, 0.1) is 27.7 Å². The lowest BCUT2D eigenvalue weighted by Gasteiger charge is -2.10. The van der Waals surface area contributed by atoms with Crippen LogP contribution in [0.5, 0.6) is 0 Å². The summed E-state index contributed by atoms with van der Waals surface area (Å²) in [6.45, 7) is 8.11. The van der Waals surface area contributed by atoms with Gasteiger partial charge in [-0.3, -0.25) is 4.68 Å². The molecule has 0 radical (unpaired) electrons. The van der Waals surface area contributed by atoms with Gasteiger partial charge in [0, 0.05) is 29.4 Å². The highest BCUT2D eigenvalue weighted by Crippen LogP contribution is 2.39. The first-order chi connectivity index (χ1) is 13.4.